The van der Waals surface area contributed by atoms with Crippen LogP contribution >= 0.6 is 0 Å². The standard InChI is InChI=1S/C45H33NO/c1-45(2)38-23-11-9-20-36(38)43-37(22-13-24-39(43)45)44-33(30-15-5-3-6-16-30)21-14-25-40(44)46(31-17-7-4-8-18-31)32-27-28-35-34-19-10-12-26-41(34)47-42(35)29-32/h3-29H,1-2H3. The van der Waals surface area contributed by atoms with Crippen molar-refractivity contribution in [1.29, 1.82) is 0 Å². The molecule has 0 atom stereocenters. The van der Waals surface area contributed by atoms with Gasteiger partial charge in [0.15, 0.2) is 0 Å². The molecule has 9 rings (SSSR count). The Hall–Kier alpha value is -5.86. The van der Waals surface area contributed by atoms with Gasteiger partial charge in [-0.05, 0) is 75.3 Å². The number of rotatable bonds is 5. The van der Waals surface area contributed by atoms with Crippen LogP contribution in [0.15, 0.2) is 168 Å². The Morgan fingerprint density at radius 2 is 1.09 bits per heavy atom. The molecule has 1 aromatic heterocycles. The summed E-state index contributed by atoms with van der Waals surface area (Å²) in [6, 6.07) is 58.9. The molecule has 0 spiro atoms. The van der Waals surface area contributed by atoms with Crippen LogP contribution in [0.25, 0.3) is 55.3 Å². The molecule has 0 fully saturated rings. The Kier molecular flexibility index (Phi) is 6.20. The maximum Gasteiger partial charge on any atom is 0.137 e. The van der Waals surface area contributed by atoms with Gasteiger partial charge < -0.3 is 9.32 Å². The van der Waals surface area contributed by atoms with E-state index in [-0.39, 0.29) is 5.41 Å². The number of nitrogens with zero attached hydrogens (tertiary/aromatic N) is 1. The van der Waals surface area contributed by atoms with Crippen LogP contribution in [0.2, 0.25) is 0 Å². The highest BCUT2D eigenvalue weighted by Crippen LogP contribution is 2.55. The molecule has 0 saturated heterocycles. The van der Waals surface area contributed by atoms with Crippen LogP contribution < -0.4 is 4.90 Å². The van der Waals surface area contributed by atoms with E-state index in [1.165, 1.54) is 44.5 Å². The lowest BCUT2D eigenvalue weighted by atomic mass is 9.81. The first kappa shape index (κ1) is 27.5. The maximum atomic E-state index is 6.42. The lowest BCUT2D eigenvalue weighted by Gasteiger charge is -2.30. The highest BCUT2D eigenvalue weighted by molar-refractivity contribution is 6.07. The summed E-state index contributed by atoms with van der Waals surface area (Å²) in [4.78, 5) is 2.39. The van der Waals surface area contributed by atoms with E-state index >= 15 is 0 Å². The first-order chi connectivity index (χ1) is 23.1. The quantitative estimate of drug-likeness (QED) is 0.195. The molecule has 7 aromatic carbocycles. The van der Waals surface area contributed by atoms with E-state index in [2.05, 4.69) is 170 Å². The summed E-state index contributed by atoms with van der Waals surface area (Å²) in [5.41, 5.74) is 15.1. The normalized spacial score (nSPS) is 13.1. The van der Waals surface area contributed by atoms with Crippen LogP contribution in [-0.4, -0.2) is 0 Å². The van der Waals surface area contributed by atoms with Crippen LogP contribution in [0, 0.1) is 0 Å². The van der Waals surface area contributed by atoms with Crippen molar-refractivity contribution >= 4 is 39.0 Å². The number of anilines is 3. The van der Waals surface area contributed by atoms with Gasteiger partial charge in [0, 0.05) is 39.2 Å². The summed E-state index contributed by atoms with van der Waals surface area (Å²) in [6.07, 6.45) is 0. The van der Waals surface area contributed by atoms with E-state index in [1.807, 2.05) is 12.1 Å². The highest BCUT2D eigenvalue weighted by atomic mass is 16.3. The van der Waals surface area contributed by atoms with Crippen LogP contribution in [0.1, 0.15) is 25.0 Å². The zero-order chi connectivity index (χ0) is 31.5. The van der Waals surface area contributed by atoms with Gasteiger partial charge in [0.2, 0.25) is 0 Å². The van der Waals surface area contributed by atoms with Crippen LogP contribution in [-0.2, 0) is 5.41 Å². The van der Waals surface area contributed by atoms with Gasteiger partial charge in [-0.15, -0.1) is 0 Å². The summed E-state index contributed by atoms with van der Waals surface area (Å²) >= 11 is 0. The predicted octanol–water partition coefficient (Wildman–Crippen LogP) is 12.7. The first-order valence-corrected chi connectivity index (χ1v) is 16.3. The Bertz CT molecular complexity index is 2440. The van der Waals surface area contributed by atoms with Gasteiger partial charge in [0.1, 0.15) is 11.2 Å². The third kappa shape index (κ3) is 4.26. The fourth-order valence-corrected chi connectivity index (χ4v) is 7.69. The number of furan rings is 1. The second-order valence-electron chi connectivity index (χ2n) is 12.9. The molecule has 0 aliphatic heterocycles. The molecule has 0 radical (unpaired) electrons. The van der Waals surface area contributed by atoms with Crippen molar-refractivity contribution in [3.8, 4) is 33.4 Å². The van der Waals surface area contributed by atoms with Gasteiger partial charge in [-0.3, -0.25) is 0 Å². The maximum absolute atomic E-state index is 6.42. The van der Waals surface area contributed by atoms with Crippen molar-refractivity contribution < 1.29 is 4.42 Å². The monoisotopic (exact) mass is 603 g/mol. The Balaban J connectivity index is 1.37. The average molecular weight is 604 g/mol. The summed E-state index contributed by atoms with van der Waals surface area (Å²) in [6.45, 7) is 4.70. The van der Waals surface area contributed by atoms with Gasteiger partial charge in [-0.25, -0.2) is 0 Å². The number of hydrogen-bond donors (Lipinski definition) is 0. The van der Waals surface area contributed by atoms with Crippen molar-refractivity contribution in [2.24, 2.45) is 0 Å². The molecule has 0 amide bonds. The van der Waals surface area contributed by atoms with Gasteiger partial charge in [0.05, 0.1) is 5.69 Å². The Morgan fingerprint density at radius 3 is 1.94 bits per heavy atom. The molecule has 47 heavy (non-hydrogen) atoms. The molecule has 224 valence electrons. The van der Waals surface area contributed by atoms with E-state index < -0.39 is 0 Å². The third-order valence-corrected chi connectivity index (χ3v) is 9.88. The number of fused-ring (bicyclic) bond motifs is 6. The van der Waals surface area contributed by atoms with Crippen molar-refractivity contribution in [2.75, 3.05) is 4.90 Å². The molecule has 1 aliphatic rings. The number of para-hydroxylation sites is 2. The largest absolute Gasteiger partial charge is 0.456 e. The molecule has 0 saturated carbocycles. The minimum absolute atomic E-state index is 0.102. The van der Waals surface area contributed by atoms with Crippen molar-refractivity contribution in [2.45, 2.75) is 19.3 Å². The Labute approximate surface area is 275 Å². The smallest absolute Gasteiger partial charge is 0.137 e. The topological polar surface area (TPSA) is 16.4 Å². The molecule has 0 unspecified atom stereocenters. The van der Waals surface area contributed by atoms with E-state index in [4.69, 9.17) is 4.42 Å². The second-order valence-corrected chi connectivity index (χ2v) is 12.9. The molecular weight excluding hydrogens is 571 g/mol. The lowest BCUT2D eigenvalue weighted by Crippen LogP contribution is -2.15. The van der Waals surface area contributed by atoms with Crippen molar-refractivity contribution in [3.05, 3.63) is 175 Å². The van der Waals surface area contributed by atoms with Crippen molar-refractivity contribution in [1.82, 2.24) is 0 Å². The van der Waals surface area contributed by atoms with Crippen molar-refractivity contribution in [3.63, 3.8) is 0 Å². The van der Waals surface area contributed by atoms with Crippen LogP contribution in [0.4, 0.5) is 17.1 Å². The Morgan fingerprint density at radius 1 is 0.447 bits per heavy atom. The zero-order valence-electron chi connectivity index (χ0n) is 26.4. The van der Waals surface area contributed by atoms with Gasteiger partial charge in [-0.2, -0.15) is 0 Å². The summed E-state index contributed by atoms with van der Waals surface area (Å²) in [5.74, 6) is 0. The zero-order valence-corrected chi connectivity index (χ0v) is 26.4. The number of hydrogen-bond acceptors (Lipinski definition) is 2. The molecule has 0 bridgehead atoms. The molecule has 2 heteroatoms. The fraction of sp³-hybridized carbons (Fsp3) is 0.0667. The summed E-state index contributed by atoms with van der Waals surface area (Å²) in [5, 5.41) is 2.25. The summed E-state index contributed by atoms with van der Waals surface area (Å²) in [7, 11) is 0. The lowest BCUT2D eigenvalue weighted by molar-refractivity contribution is 0.660. The van der Waals surface area contributed by atoms with Gasteiger partial charge in [-0.1, -0.05) is 135 Å². The molecule has 8 aromatic rings. The van der Waals surface area contributed by atoms with E-state index in [0.29, 0.717) is 0 Å². The third-order valence-electron chi connectivity index (χ3n) is 9.88. The van der Waals surface area contributed by atoms with Gasteiger partial charge in [0.25, 0.3) is 0 Å². The fourth-order valence-electron chi connectivity index (χ4n) is 7.69. The SMILES string of the molecule is CC1(C)c2ccccc2-c2c(-c3c(-c4ccccc4)cccc3N(c3ccccc3)c3ccc4c(c3)oc3ccccc34)cccc21. The minimum Gasteiger partial charge on any atom is -0.456 e. The first-order valence-electron chi connectivity index (χ1n) is 16.3. The second kappa shape index (κ2) is 10.6. The van der Waals surface area contributed by atoms with Crippen LogP contribution in [0.3, 0.4) is 0 Å². The van der Waals surface area contributed by atoms with E-state index in [0.717, 1.165) is 39.0 Å². The minimum atomic E-state index is -0.102. The van der Waals surface area contributed by atoms with E-state index in [9.17, 15) is 0 Å². The van der Waals surface area contributed by atoms with E-state index in [1.54, 1.807) is 0 Å². The molecular formula is C45H33NO. The molecule has 1 aliphatic carbocycles. The number of benzene rings is 7. The summed E-state index contributed by atoms with van der Waals surface area (Å²) < 4.78 is 6.42. The molecule has 1 heterocycles. The average Bonchev–Trinajstić information content (AvgIpc) is 3.61. The van der Waals surface area contributed by atoms with Crippen LogP contribution in [0.5, 0.6) is 0 Å². The molecule has 0 N–H and O–H groups in total. The predicted molar refractivity (Wildman–Crippen MR) is 197 cm³/mol. The van der Waals surface area contributed by atoms with Gasteiger partial charge >= 0.3 is 0 Å². The highest BCUT2D eigenvalue weighted by Gasteiger charge is 2.37. The molecule has 2 nitrogen and oxygen atoms in total.